The van der Waals surface area contributed by atoms with Crippen LogP contribution in [0.25, 0.3) is 0 Å². The first-order valence-electron chi connectivity index (χ1n) is 6.37. The van der Waals surface area contributed by atoms with Gasteiger partial charge in [0.1, 0.15) is 0 Å². The van der Waals surface area contributed by atoms with Crippen molar-refractivity contribution in [3.8, 4) is 0 Å². The molecule has 0 spiro atoms. The van der Waals surface area contributed by atoms with Gasteiger partial charge in [0.2, 0.25) is 0 Å². The molecular formula is C14H22O2. The van der Waals surface area contributed by atoms with Gasteiger partial charge >= 0.3 is 5.97 Å². The molecule has 2 aliphatic rings. The summed E-state index contributed by atoms with van der Waals surface area (Å²) in [6, 6.07) is 0. The standard InChI is InChI=1S/C14H22O2/c1-3-4-7-14(10-13(15)16-2)8-11-5-6-12(11)9-14/h3-4,11-12H,5-10H2,1-2H3/b4-3+/t11-,12+,14?. The molecule has 2 nitrogen and oxygen atoms in total. The van der Waals surface area contributed by atoms with E-state index >= 15 is 0 Å². The summed E-state index contributed by atoms with van der Waals surface area (Å²) in [4.78, 5) is 11.5. The molecule has 0 aromatic carbocycles. The Kier molecular flexibility index (Phi) is 3.36. The van der Waals surface area contributed by atoms with E-state index < -0.39 is 0 Å². The Bertz CT molecular complexity index is 281. The fraction of sp³-hybridized carbons (Fsp3) is 0.786. The smallest absolute Gasteiger partial charge is 0.306 e. The molecule has 2 fully saturated rings. The van der Waals surface area contributed by atoms with Crippen molar-refractivity contribution >= 4 is 5.97 Å². The minimum absolute atomic E-state index is 0.0363. The lowest BCUT2D eigenvalue weighted by molar-refractivity contribution is -0.143. The first-order valence-corrected chi connectivity index (χ1v) is 6.37. The van der Waals surface area contributed by atoms with Crippen LogP contribution < -0.4 is 0 Å². The fourth-order valence-corrected chi connectivity index (χ4v) is 3.50. The van der Waals surface area contributed by atoms with Gasteiger partial charge < -0.3 is 4.74 Å². The minimum Gasteiger partial charge on any atom is -0.469 e. The van der Waals surface area contributed by atoms with Gasteiger partial charge in [-0.25, -0.2) is 0 Å². The summed E-state index contributed by atoms with van der Waals surface area (Å²) >= 11 is 0. The molecule has 2 heteroatoms. The first kappa shape index (κ1) is 11.7. The molecular weight excluding hydrogens is 200 g/mol. The van der Waals surface area contributed by atoms with Gasteiger partial charge in [0, 0.05) is 0 Å². The highest BCUT2D eigenvalue weighted by Gasteiger charge is 2.49. The van der Waals surface area contributed by atoms with Crippen LogP contribution in [0, 0.1) is 17.3 Å². The van der Waals surface area contributed by atoms with E-state index in [-0.39, 0.29) is 11.4 Å². The second-order valence-corrected chi connectivity index (χ2v) is 5.53. The number of hydrogen-bond donors (Lipinski definition) is 0. The Morgan fingerprint density at radius 3 is 2.44 bits per heavy atom. The Labute approximate surface area is 98.1 Å². The maximum atomic E-state index is 11.5. The van der Waals surface area contributed by atoms with E-state index in [0.717, 1.165) is 18.3 Å². The normalized spacial score (nSPS) is 37.1. The zero-order chi connectivity index (χ0) is 11.6. The molecule has 2 rings (SSSR count). The molecule has 2 saturated carbocycles. The van der Waals surface area contributed by atoms with Crippen LogP contribution in [-0.2, 0) is 9.53 Å². The van der Waals surface area contributed by atoms with Gasteiger partial charge in [-0.05, 0) is 56.3 Å². The van der Waals surface area contributed by atoms with Crippen LogP contribution in [0.2, 0.25) is 0 Å². The van der Waals surface area contributed by atoms with Crippen molar-refractivity contribution in [1.82, 2.24) is 0 Å². The topological polar surface area (TPSA) is 26.3 Å². The third-order valence-corrected chi connectivity index (χ3v) is 4.50. The highest BCUT2D eigenvalue weighted by atomic mass is 16.5. The average Bonchev–Trinajstić information content (AvgIpc) is 2.51. The number of carbonyl (C=O) groups is 1. The van der Waals surface area contributed by atoms with Gasteiger partial charge in [-0.15, -0.1) is 0 Å². The SMILES string of the molecule is C/C=C/CC1(CC(=O)OC)C[C@H]2CC[C@H]2C1. The monoisotopic (exact) mass is 222 g/mol. The molecule has 0 aliphatic heterocycles. The molecule has 0 saturated heterocycles. The molecule has 0 N–H and O–H groups in total. The Morgan fingerprint density at radius 1 is 1.38 bits per heavy atom. The summed E-state index contributed by atoms with van der Waals surface area (Å²) in [5.41, 5.74) is 0.214. The van der Waals surface area contributed by atoms with Gasteiger partial charge in [-0.2, -0.15) is 0 Å². The number of fused-ring (bicyclic) bond motifs is 1. The highest BCUT2D eigenvalue weighted by molar-refractivity contribution is 5.70. The third-order valence-electron chi connectivity index (χ3n) is 4.50. The summed E-state index contributed by atoms with van der Waals surface area (Å²) in [5.74, 6) is 1.76. The van der Waals surface area contributed by atoms with Crippen LogP contribution in [0.5, 0.6) is 0 Å². The van der Waals surface area contributed by atoms with Crippen LogP contribution in [0.1, 0.15) is 45.4 Å². The lowest BCUT2D eigenvalue weighted by atomic mass is 9.77. The Balaban J connectivity index is 2.03. The van der Waals surface area contributed by atoms with E-state index in [9.17, 15) is 4.79 Å². The zero-order valence-electron chi connectivity index (χ0n) is 10.4. The molecule has 0 heterocycles. The van der Waals surface area contributed by atoms with Crippen molar-refractivity contribution in [2.24, 2.45) is 17.3 Å². The van der Waals surface area contributed by atoms with Crippen molar-refractivity contribution in [2.45, 2.75) is 45.4 Å². The number of hydrogen-bond acceptors (Lipinski definition) is 2. The van der Waals surface area contributed by atoms with Crippen molar-refractivity contribution in [1.29, 1.82) is 0 Å². The lowest BCUT2D eigenvalue weighted by Crippen LogP contribution is -2.21. The van der Waals surface area contributed by atoms with E-state index in [4.69, 9.17) is 4.74 Å². The van der Waals surface area contributed by atoms with Gasteiger partial charge in [0.15, 0.2) is 0 Å². The molecule has 90 valence electrons. The number of ether oxygens (including phenoxy) is 1. The summed E-state index contributed by atoms with van der Waals surface area (Å²) in [6.45, 7) is 2.05. The summed E-state index contributed by atoms with van der Waals surface area (Å²) < 4.78 is 4.85. The third kappa shape index (κ3) is 2.16. The van der Waals surface area contributed by atoms with Gasteiger partial charge in [0.05, 0.1) is 13.5 Å². The van der Waals surface area contributed by atoms with Crippen molar-refractivity contribution in [3.05, 3.63) is 12.2 Å². The summed E-state index contributed by atoms with van der Waals surface area (Å²) in [6.07, 6.45) is 11.2. The number of esters is 1. The molecule has 2 aliphatic carbocycles. The highest BCUT2D eigenvalue weighted by Crippen LogP contribution is 2.58. The van der Waals surface area contributed by atoms with E-state index in [1.54, 1.807) is 0 Å². The van der Waals surface area contributed by atoms with Crippen molar-refractivity contribution in [2.75, 3.05) is 7.11 Å². The van der Waals surface area contributed by atoms with Crippen LogP contribution in [-0.4, -0.2) is 13.1 Å². The molecule has 0 radical (unpaired) electrons. The number of methoxy groups -OCH3 is 1. The minimum atomic E-state index is -0.0363. The summed E-state index contributed by atoms with van der Waals surface area (Å²) in [7, 11) is 1.50. The van der Waals surface area contributed by atoms with E-state index in [1.807, 2.05) is 0 Å². The molecule has 0 aromatic rings. The number of allylic oxidation sites excluding steroid dienone is 2. The molecule has 0 bridgehead atoms. The maximum absolute atomic E-state index is 11.5. The quantitative estimate of drug-likeness (QED) is 0.539. The predicted molar refractivity (Wildman–Crippen MR) is 63.9 cm³/mol. The van der Waals surface area contributed by atoms with E-state index in [2.05, 4.69) is 19.1 Å². The van der Waals surface area contributed by atoms with Crippen molar-refractivity contribution < 1.29 is 9.53 Å². The fourth-order valence-electron chi connectivity index (χ4n) is 3.50. The van der Waals surface area contributed by atoms with Crippen LogP contribution in [0.4, 0.5) is 0 Å². The van der Waals surface area contributed by atoms with Crippen molar-refractivity contribution in [3.63, 3.8) is 0 Å². The molecule has 0 aromatic heterocycles. The van der Waals surface area contributed by atoms with E-state index in [0.29, 0.717) is 6.42 Å². The van der Waals surface area contributed by atoms with Crippen LogP contribution in [0.15, 0.2) is 12.2 Å². The van der Waals surface area contributed by atoms with Gasteiger partial charge in [0.25, 0.3) is 0 Å². The Hall–Kier alpha value is -0.790. The number of carbonyl (C=O) groups excluding carboxylic acids is 1. The molecule has 1 unspecified atom stereocenters. The zero-order valence-corrected chi connectivity index (χ0v) is 10.4. The van der Waals surface area contributed by atoms with Crippen LogP contribution >= 0.6 is 0 Å². The largest absolute Gasteiger partial charge is 0.469 e. The number of rotatable bonds is 4. The summed E-state index contributed by atoms with van der Waals surface area (Å²) in [5, 5.41) is 0. The molecule has 16 heavy (non-hydrogen) atoms. The van der Waals surface area contributed by atoms with Crippen LogP contribution in [0.3, 0.4) is 0 Å². The molecule has 0 amide bonds. The molecule has 3 atom stereocenters. The van der Waals surface area contributed by atoms with E-state index in [1.165, 1.54) is 32.8 Å². The second-order valence-electron chi connectivity index (χ2n) is 5.53. The first-order chi connectivity index (χ1) is 7.69. The Morgan fingerprint density at radius 2 is 2.00 bits per heavy atom. The maximum Gasteiger partial charge on any atom is 0.306 e. The predicted octanol–water partition coefficient (Wildman–Crippen LogP) is 3.32. The average molecular weight is 222 g/mol. The van der Waals surface area contributed by atoms with Gasteiger partial charge in [-0.1, -0.05) is 12.2 Å². The van der Waals surface area contributed by atoms with Gasteiger partial charge in [-0.3, -0.25) is 4.79 Å². The lowest BCUT2D eigenvalue weighted by Gasteiger charge is -2.29. The second kappa shape index (κ2) is 4.60.